The van der Waals surface area contributed by atoms with Gasteiger partial charge in [-0.3, -0.25) is 0 Å². The first-order chi connectivity index (χ1) is 3.39. The molecule has 0 aromatic carbocycles. The molecule has 1 saturated heterocycles. The predicted molar refractivity (Wildman–Crippen MR) is 36.8 cm³/mol. The molecule has 3 heteroatoms. The molecule has 1 aliphatic heterocycles. The summed E-state index contributed by atoms with van der Waals surface area (Å²) in [5.74, 6) is 0. The third-order valence-electron chi connectivity index (χ3n) is 1.13. The Hall–Kier alpha value is 0.264. The maximum Gasteiger partial charge on any atom is 0.166 e. The van der Waals surface area contributed by atoms with Gasteiger partial charge in [0.1, 0.15) is 0 Å². The number of hydrogen-bond donors (Lipinski definition) is 0. The van der Waals surface area contributed by atoms with Crippen molar-refractivity contribution in [3.63, 3.8) is 0 Å². The molecule has 40 valence electrons. The molecular formula is C4H10OSi2. The largest absolute Gasteiger partial charge is 0.424 e. The highest BCUT2D eigenvalue weighted by Crippen LogP contribution is 1.96. The Labute approximate surface area is 47.6 Å². The molecule has 7 heavy (non-hydrogen) atoms. The summed E-state index contributed by atoms with van der Waals surface area (Å²) in [7, 11) is -0.203. The zero-order valence-electron chi connectivity index (χ0n) is 4.44. The second-order valence-corrected chi connectivity index (χ2v) is 8.47. The average molecular weight is 130 g/mol. The van der Waals surface area contributed by atoms with Crippen molar-refractivity contribution >= 4 is 23.4 Å². The van der Waals surface area contributed by atoms with Gasteiger partial charge >= 0.3 is 0 Å². The molecule has 0 atom stereocenters. The molecule has 0 unspecified atom stereocenters. The lowest BCUT2D eigenvalue weighted by molar-refractivity contribution is 0.336. The van der Waals surface area contributed by atoms with E-state index < -0.39 is 0 Å². The van der Waals surface area contributed by atoms with E-state index in [-0.39, 0.29) is 17.2 Å². The van der Waals surface area contributed by atoms with E-state index in [0.29, 0.717) is 0 Å². The predicted octanol–water partition coefficient (Wildman–Crippen LogP) is -0.504. The average Bonchev–Trinajstić information content (AvgIpc) is 1.69. The van der Waals surface area contributed by atoms with Crippen LogP contribution in [0.2, 0.25) is 6.04 Å². The van der Waals surface area contributed by atoms with Crippen molar-refractivity contribution in [2.24, 2.45) is 0 Å². The van der Waals surface area contributed by atoms with Gasteiger partial charge in [0.15, 0.2) is 9.28 Å². The minimum absolute atomic E-state index is 0.0764. The monoisotopic (exact) mass is 130 g/mol. The molecule has 0 amide bonds. The quantitative estimate of drug-likeness (QED) is 0.402. The van der Waals surface area contributed by atoms with E-state index in [4.69, 9.17) is 4.43 Å². The standard InChI is InChI=1S/C4H10OSi2/c1-7-4-2-3-5-6-7/h1-4,6H2. The number of hydrogen-bond acceptors (Lipinski definition) is 1. The lowest BCUT2D eigenvalue weighted by atomic mass is 10.5. The van der Waals surface area contributed by atoms with Crippen LogP contribution in [-0.4, -0.2) is 30.0 Å². The van der Waals surface area contributed by atoms with E-state index in [1.54, 1.807) is 0 Å². The maximum absolute atomic E-state index is 5.30. The molecule has 1 rings (SSSR count). The highest BCUT2D eigenvalue weighted by atomic mass is 29.2. The summed E-state index contributed by atoms with van der Waals surface area (Å²) in [6, 6.07) is 1.41. The fraction of sp³-hybridized carbons (Fsp3) is 0.750. The van der Waals surface area contributed by atoms with Crippen LogP contribution < -0.4 is 0 Å². The van der Waals surface area contributed by atoms with Gasteiger partial charge in [-0.1, -0.05) is 0 Å². The summed E-state index contributed by atoms with van der Waals surface area (Å²) in [6.45, 7) is 1.04. The van der Waals surface area contributed by atoms with E-state index in [2.05, 4.69) is 6.17 Å². The van der Waals surface area contributed by atoms with E-state index in [1.165, 1.54) is 12.5 Å². The first-order valence-corrected chi connectivity index (χ1v) is 7.46. The zero-order chi connectivity index (χ0) is 5.11. The van der Waals surface area contributed by atoms with Crippen molar-refractivity contribution < 1.29 is 4.43 Å². The van der Waals surface area contributed by atoms with Gasteiger partial charge in [-0.2, -0.15) is 0 Å². The van der Waals surface area contributed by atoms with E-state index in [0.717, 1.165) is 6.61 Å². The fourth-order valence-corrected chi connectivity index (χ4v) is 4.62. The summed E-state index contributed by atoms with van der Waals surface area (Å²) >= 11 is 0. The summed E-state index contributed by atoms with van der Waals surface area (Å²) in [6.07, 6.45) is 5.32. The first kappa shape index (κ1) is 5.40. The SMILES string of the molecule is C=[Si]1CCCO[SiH2]1. The summed E-state index contributed by atoms with van der Waals surface area (Å²) < 4.78 is 5.30. The van der Waals surface area contributed by atoms with Crippen LogP contribution in [-0.2, 0) is 4.43 Å². The Morgan fingerprint density at radius 1 is 1.71 bits per heavy atom. The van der Waals surface area contributed by atoms with Gasteiger partial charge in [-0.05, 0) is 12.5 Å². The Bertz CT molecular complexity index is 73.8. The summed E-state index contributed by atoms with van der Waals surface area (Å²) in [5, 5.41) is 0. The molecule has 0 bridgehead atoms. The minimum Gasteiger partial charge on any atom is -0.424 e. The molecule has 0 spiro atoms. The molecular weight excluding hydrogens is 120 g/mol. The Balaban J connectivity index is 2.25. The molecule has 1 nitrogen and oxygen atoms in total. The van der Waals surface area contributed by atoms with Crippen molar-refractivity contribution in [3.8, 4) is 0 Å². The highest BCUT2D eigenvalue weighted by Gasteiger charge is 2.02. The van der Waals surface area contributed by atoms with Gasteiger partial charge in [-0.15, -0.1) is 6.17 Å². The second kappa shape index (κ2) is 2.54. The second-order valence-electron chi connectivity index (χ2n) is 1.91. The van der Waals surface area contributed by atoms with Crippen LogP contribution >= 0.6 is 0 Å². The van der Waals surface area contributed by atoms with Gasteiger partial charge in [0.25, 0.3) is 0 Å². The van der Waals surface area contributed by atoms with Crippen molar-refractivity contribution in [2.45, 2.75) is 12.5 Å². The Kier molecular flexibility index (Phi) is 1.96. The topological polar surface area (TPSA) is 9.23 Å². The lowest BCUT2D eigenvalue weighted by Gasteiger charge is -2.10. The van der Waals surface area contributed by atoms with Crippen molar-refractivity contribution in [3.05, 3.63) is 0 Å². The lowest BCUT2D eigenvalue weighted by Crippen LogP contribution is -2.21. The summed E-state index contributed by atoms with van der Waals surface area (Å²) in [4.78, 5) is 0. The van der Waals surface area contributed by atoms with Gasteiger partial charge in [-0.25, -0.2) is 0 Å². The van der Waals surface area contributed by atoms with E-state index in [9.17, 15) is 0 Å². The van der Waals surface area contributed by atoms with Crippen LogP contribution in [0.5, 0.6) is 0 Å². The van der Waals surface area contributed by atoms with Gasteiger partial charge in [0.05, 0.1) is 0 Å². The molecule has 1 fully saturated rings. The van der Waals surface area contributed by atoms with Gasteiger partial charge in [0.2, 0.25) is 0 Å². The normalized spacial score (nSPS) is 26.0. The fourth-order valence-electron chi connectivity index (χ4n) is 0.713. The number of rotatable bonds is 0. The molecule has 0 saturated carbocycles. The van der Waals surface area contributed by atoms with Crippen molar-refractivity contribution in [1.29, 1.82) is 0 Å². The van der Waals surface area contributed by atoms with E-state index >= 15 is 0 Å². The zero-order valence-corrected chi connectivity index (χ0v) is 6.86. The van der Waals surface area contributed by atoms with E-state index in [1.807, 2.05) is 0 Å². The summed E-state index contributed by atoms with van der Waals surface area (Å²) in [5.41, 5.74) is 0. The molecule has 0 radical (unpaired) electrons. The van der Waals surface area contributed by atoms with Gasteiger partial charge in [0, 0.05) is 14.5 Å². The van der Waals surface area contributed by atoms with Crippen molar-refractivity contribution in [2.75, 3.05) is 6.61 Å². The molecule has 0 aromatic rings. The van der Waals surface area contributed by atoms with Crippen LogP contribution in [0.1, 0.15) is 6.42 Å². The minimum atomic E-state index is -0.126. The van der Waals surface area contributed by atoms with Crippen LogP contribution in [0.4, 0.5) is 0 Å². The third kappa shape index (κ3) is 1.67. The smallest absolute Gasteiger partial charge is 0.166 e. The van der Waals surface area contributed by atoms with Crippen LogP contribution in [0.25, 0.3) is 0 Å². The molecule has 1 aliphatic rings. The Morgan fingerprint density at radius 2 is 2.57 bits per heavy atom. The van der Waals surface area contributed by atoms with Crippen molar-refractivity contribution in [1.82, 2.24) is 0 Å². The molecule has 0 aliphatic carbocycles. The maximum atomic E-state index is 5.30. The first-order valence-electron chi connectivity index (χ1n) is 2.64. The van der Waals surface area contributed by atoms with Crippen LogP contribution in [0, 0.1) is 0 Å². The third-order valence-corrected chi connectivity index (χ3v) is 5.98. The van der Waals surface area contributed by atoms with Gasteiger partial charge < -0.3 is 4.43 Å². The Morgan fingerprint density at radius 3 is 2.86 bits per heavy atom. The molecule has 1 heterocycles. The molecule has 0 N–H and O–H groups in total. The molecule has 0 aromatic heterocycles. The van der Waals surface area contributed by atoms with Crippen LogP contribution in [0.3, 0.4) is 0 Å². The highest BCUT2D eigenvalue weighted by molar-refractivity contribution is 7.10. The van der Waals surface area contributed by atoms with Crippen LogP contribution in [0.15, 0.2) is 0 Å².